The van der Waals surface area contributed by atoms with Crippen molar-refractivity contribution >= 4 is 23.9 Å². The minimum Gasteiger partial charge on any atom is -0.358 e. The molecule has 0 saturated carbocycles. The molecule has 0 spiro atoms. The largest absolute Gasteiger partial charge is 2.00 e. The summed E-state index contributed by atoms with van der Waals surface area (Å²) >= 11 is 0. The fourth-order valence-corrected chi connectivity index (χ4v) is 0. The number of hydrogen-bond donors (Lipinski definition) is 0. The number of rotatable bonds is 0. The second kappa shape index (κ2) is 27.6. The van der Waals surface area contributed by atoms with E-state index in [-0.39, 0.29) is 55.5 Å². The summed E-state index contributed by atoms with van der Waals surface area (Å²) in [6, 6.07) is 0. The van der Waals surface area contributed by atoms with Crippen LogP contribution in [0.5, 0.6) is 0 Å². The van der Waals surface area contributed by atoms with Crippen LogP contribution in [-0.2, 0) is 16.8 Å². The van der Waals surface area contributed by atoms with Crippen molar-refractivity contribution < 1.29 is 16.8 Å². The van der Waals surface area contributed by atoms with Crippen molar-refractivity contribution in [1.29, 1.82) is 0 Å². The smallest absolute Gasteiger partial charge is 0.358 e. The summed E-state index contributed by atoms with van der Waals surface area (Å²) in [5, 5.41) is 0. The average molecular weight is 208 g/mol. The normalized spacial score (nSPS) is 0. The van der Waals surface area contributed by atoms with Gasteiger partial charge in [0, 0.05) is 23.9 Å². The molecule has 0 unspecified atom stereocenters. The zero-order chi connectivity index (χ0) is 0. The summed E-state index contributed by atoms with van der Waals surface area (Å²) in [7, 11) is 0. The van der Waals surface area contributed by atoms with E-state index in [1.165, 1.54) is 0 Å². The van der Waals surface area contributed by atoms with Crippen LogP contribution in [0, 0.1) is 14.9 Å². The Morgan fingerprint density at radius 2 is 0.750 bits per heavy atom. The van der Waals surface area contributed by atoms with E-state index in [1.54, 1.807) is 0 Å². The second-order valence-corrected chi connectivity index (χ2v) is 0. The molecule has 0 saturated heterocycles. The van der Waals surface area contributed by atoms with Crippen LogP contribution in [0.3, 0.4) is 0 Å². The van der Waals surface area contributed by atoms with Gasteiger partial charge in [0.15, 0.2) is 0 Å². The molecule has 2 heteroatoms. The van der Waals surface area contributed by atoms with Gasteiger partial charge in [-0.2, -0.15) is 0 Å². The van der Waals surface area contributed by atoms with Gasteiger partial charge in [0.25, 0.3) is 0 Å². The van der Waals surface area contributed by atoms with Crippen LogP contribution in [-0.4, -0.2) is 23.9 Å². The van der Waals surface area contributed by atoms with E-state index in [9.17, 15) is 0 Å². The molecular weight excluding hydrogens is 202 g/mol. The molecule has 0 amide bonds. The molecule has 0 atom stereocenters. The van der Waals surface area contributed by atoms with Gasteiger partial charge in [-0.3, -0.25) is 0 Å². The molecule has 0 rings (SSSR count). The topological polar surface area (TPSA) is 0 Å². The SMILES string of the molecule is [CH3-].[CH3-].[Co+2].[Sn]. The average Bonchev–Trinajstić information content (AvgIpc) is 0. The molecule has 0 aliphatic carbocycles. The first-order valence-corrected chi connectivity index (χ1v) is 0. The van der Waals surface area contributed by atoms with Crippen molar-refractivity contribution in [1.82, 2.24) is 0 Å². The third-order valence-electron chi connectivity index (χ3n) is 0. The molecule has 0 aliphatic rings. The van der Waals surface area contributed by atoms with Crippen LogP contribution in [0.15, 0.2) is 0 Å². The zero-order valence-electron chi connectivity index (χ0n) is 2.83. The predicted molar refractivity (Wildman–Crippen MR) is 18.6 cm³/mol. The van der Waals surface area contributed by atoms with E-state index in [1.807, 2.05) is 0 Å². The number of hydrogen-bond acceptors (Lipinski definition) is 0. The first-order chi connectivity index (χ1) is 0. The minimum absolute atomic E-state index is 0. The maximum atomic E-state index is 0. The molecule has 4 heavy (non-hydrogen) atoms. The van der Waals surface area contributed by atoms with Crippen molar-refractivity contribution in [2.24, 2.45) is 0 Å². The fourth-order valence-electron chi connectivity index (χ4n) is 0. The van der Waals surface area contributed by atoms with Gasteiger partial charge in [-0.25, -0.2) is 0 Å². The molecule has 0 nitrogen and oxygen atoms in total. The first kappa shape index (κ1) is 57.7. The van der Waals surface area contributed by atoms with Gasteiger partial charge in [-0.1, -0.05) is 0 Å². The Balaban J connectivity index is 0. The Labute approximate surface area is 55.5 Å². The first-order valence-electron chi connectivity index (χ1n) is 0. The van der Waals surface area contributed by atoms with Crippen molar-refractivity contribution in [2.45, 2.75) is 0 Å². The van der Waals surface area contributed by atoms with Crippen LogP contribution in [0.4, 0.5) is 0 Å². The third kappa shape index (κ3) is 10.3. The molecule has 0 aromatic rings. The van der Waals surface area contributed by atoms with Crippen molar-refractivity contribution in [3.05, 3.63) is 14.9 Å². The van der Waals surface area contributed by atoms with Gasteiger partial charge in [-0.15, -0.1) is 0 Å². The van der Waals surface area contributed by atoms with Crippen molar-refractivity contribution in [3.63, 3.8) is 0 Å². The summed E-state index contributed by atoms with van der Waals surface area (Å²) in [6.07, 6.45) is 0. The van der Waals surface area contributed by atoms with Gasteiger partial charge in [0.2, 0.25) is 0 Å². The van der Waals surface area contributed by atoms with Crippen LogP contribution in [0.2, 0.25) is 0 Å². The summed E-state index contributed by atoms with van der Waals surface area (Å²) in [5.41, 5.74) is 0. The van der Waals surface area contributed by atoms with E-state index >= 15 is 0 Å². The van der Waals surface area contributed by atoms with Gasteiger partial charge in [-0.05, 0) is 0 Å². The standard InChI is InChI=1S/2CH3.Co.Sn/h2*1H3;;/q2*-1;+2;. The zero-order valence-corrected chi connectivity index (χ0v) is 6.73. The second-order valence-electron chi connectivity index (χ2n) is 0. The molecule has 27 valence electrons. The maximum absolute atomic E-state index is 0. The Morgan fingerprint density at radius 3 is 0.750 bits per heavy atom. The third-order valence-corrected chi connectivity index (χ3v) is 0. The summed E-state index contributed by atoms with van der Waals surface area (Å²) in [5.74, 6) is 0. The van der Waals surface area contributed by atoms with Crippen LogP contribution in [0.25, 0.3) is 0 Å². The van der Waals surface area contributed by atoms with Crippen molar-refractivity contribution in [3.8, 4) is 0 Å². The van der Waals surface area contributed by atoms with E-state index in [4.69, 9.17) is 0 Å². The van der Waals surface area contributed by atoms with E-state index in [2.05, 4.69) is 0 Å². The quantitative estimate of drug-likeness (QED) is 0.401. The summed E-state index contributed by atoms with van der Waals surface area (Å²) in [6.45, 7) is 0. The molecule has 0 aliphatic heterocycles. The Morgan fingerprint density at radius 1 is 0.750 bits per heavy atom. The Kier molecular flexibility index (Phi) is 398. The Hall–Kier alpha value is 1.31. The van der Waals surface area contributed by atoms with Crippen LogP contribution >= 0.6 is 0 Å². The molecule has 0 heterocycles. The summed E-state index contributed by atoms with van der Waals surface area (Å²) < 4.78 is 0. The van der Waals surface area contributed by atoms with Gasteiger partial charge >= 0.3 is 16.8 Å². The van der Waals surface area contributed by atoms with Crippen LogP contribution in [0.1, 0.15) is 0 Å². The van der Waals surface area contributed by atoms with Gasteiger partial charge in [0.05, 0.1) is 0 Å². The van der Waals surface area contributed by atoms with Gasteiger partial charge in [0.1, 0.15) is 0 Å². The molecular formula is C2H6CoSn. The van der Waals surface area contributed by atoms with Crippen LogP contribution < -0.4 is 0 Å². The van der Waals surface area contributed by atoms with E-state index in [0.29, 0.717) is 0 Å². The Bertz CT molecular complexity index is 6.00. The summed E-state index contributed by atoms with van der Waals surface area (Å²) in [4.78, 5) is 0. The predicted octanol–water partition coefficient (Wildman–Crippen LogP) is 0.517. The minimum atomic E-state index is 0. The molecule has 0 N–H and O–H groups in total. The monoisotopic (exact) mass is 209 g/mol. The molecule has 5 radical (unpaired) electrons. The van der Waals surface area contributed by atoms with E-state index < -0.39 is 0 Å². The van der Waals surface area contributed by atoms with E-state index in [0.717, 1.165) is 0 Å². The molecule has 0 aromatic carbocycles. The van der Waals surface area contributed by atoms with Crippen molar-refractivity contribution in [2.75, 3.05) is 0 Å². The molecule has 0 aromatic heterocycles. The fraction of sp³-hybridized carbons (Fsp3) is 0. The molecule has 0 bridgehead atoms. The maximum Gasteiger partial charge on any atom is 2.00 e. The van der Waals surface area contributed by atoms with Gasteiger partial charge < -0.3 is 14.9 Å². The molecule has 0 fully saturated rings.